The number of rotatable bonds is 5. The van der Waals surface area contributed by atoms with Crippen LogP contribution in [0.5, 0.6) is 0 Å². The van der Waals surface area contributed by atoms with Crippen LogP contribution >= 0.6 is 0 Å². The second-order valence-electron chi connectivity index (χ2n) is 3.56. The van der Waals surface area contributed by atoms with Gasteiger partial charge in [-0.25, -0.2) is 0 Å². The third-order valence-corrected chi connectivity index (χ3v) is 2.25. The van der Waals surface area contributed by atoms with Crippen LogP contribution in [0.2, 0.25) is 0 Å². The predicted octanol–water partition coefficient (Wildman–Crippen LogP) is 0.210. The van der Waals surface area contributed by atoms with Crippen LogP contribution in [0.4, 0.5) is 5.95 Å². The van der Waals surface area contributed by atoms with E-state index < -0.39 is 0 Å². The van der Waals surface area contributed by atoms with Gasteiger partial charge in [-0.2, -0.15) is 4.68 Å². The maximum Gasteiger partial charge on any atom is 0.248 e. The summed E-state index contributed by atoms with van der Waals surface area (Å²) in [6, 6.07) is 9.46. The maximum atomic E-state index is 11.3. The van der Waals surface area contributed by atoms with E-state index >= 15 is 0 Å². The molecule has 0 spiro atoms. The molecule has 0 fully saturated rings. The number of hydrogen-bond donors (Lipinski definition) is 2. The number of carbonyl (C=O) groups is 1. The molecule has 0 aliphatic carbocycles. The Kier molecular flexibility index (Phi) is 3.85. The minimum Gasteiger partial charge on any atom is -0.355 e. The smallest absolute Gasteiger partial charge is 0.248 e. The largest absolute Gasteiger partial charge is 0.355 e. The van der Waals surface area contributed by atoms with E-state index in [0.717, 1.165) is 5.69 Å². The molecule has 7 heteroatoms. The highest BCUT2D eigenvalue weighted by atomic mass is 16.1. The van der Waals surface area contributed by atoms with Gasteiger partial charge in [-0.05, 0) is 29.5 Å². The van der Waals surface area contributed by atoms with Gasteiger partial charge in [0.15, 0.2) is 0 Å². The number of amides is 1. The van der Waals surface area contributed by atoms with Crippen molar-refractivity contribution in [3.05, 3.63) is 30.3 Å². The lowest BCUT2D eigenvalue weighted by atomic mass is 10.3. The summed E-state index contributed by atoms with van der Waals surface area (Å²) in [7, 11) is 0. The van der Waals surface area contributed by atoms with Gasteiger partial charge < -0.3 is 10.6 Å². The lowest BCUT2D eigenvalue weighted by Gasteiger charge is -2.06. The van der Waals surface area contributed by atoms with Crippen molar-refractivity contribution in [3.8, 4) is 5.69 Å². The molecule has 1 amide bonds. The monoisotopic (exact) mass is 246 g/mol. The van der Waals surface area contributed by atoms with Crippen molar-refractivity contribution in [2.75, 3.05) is 18.4 Å². The van der Waals surface area contributed by atoms with Crippen LogP contribution in [0.15, 0.2) is 30.3 Å². The van der Waals surface area contributed by atoms with Crippen molar-refractivity contribution in [2.45, 2.75) is 6.92 Å². The molecule has 0 aliphatic heterocycles. The Morgan fingerprint density at radius 3 is 2.83 bits per heavy atom. The highest BCUT2D eigenvalue weighted by Gasteiger charge is 2.08. The number of benzene rings is 1. The second-order valence-corrected chi connectivity index (χ2v) is 3.56. The summed E-state index contributed by atoms with van der Waals surface area (Å²) in [4.78, 5) is 11.3. The van der Waals surface area contributed by atoms with Gasteiger partial charge in [0, 0.05) is 6.54 Å². The highest BCUT2D eigenvalue weighted by molar-refractivity contribution is 5.80. The molecule has 0 atom stereocenters. The second kappa shape index (κ2) is 5.76. The van der Waals surface area contributed by atoms with Gasteiger partial charge in [0.1, 0.15) is 0 Å². The van der Waals surface area contributed by atoms with E-state index in [2.05, 4.69) is 26.2 Å². The fourth-order valence-corrected chi connectivity index (χ4v) is 1.46. The lowest BCUT2D eigenvalue weighted by molar-refractivity contribution is -0.119. The number of likely N-dealkylation sites (N-methyl/N-ethyl adjacent to an activating group) is 1. The molecule has 94 valence electrons. The number of hydrogen-bond acceptors (Lipinski definition) is 5. The van der Waals surface area contributed by atoms with Gasteiger partial charge in [-0.15, -0.1) is 0 Å². The quantitative estimate of drug-likeness (QED) is 0.787. The summed E-state index contributed by atoms with van der Waals surface area (Å²) in [5.74, 6) is 0.340. The van der Waals surface area contributed by atoms with Crippen LogP contribution in [0.25, 0.3) is 5.69 Å². The number of carbonyl (C=O) groups excluding carboxylic acids is 1. The molecule has 1 aromatic heterocycles. The Morgan fingerprint density at radius 2 is 2.11 bits per heavy atom. The zero-order valence-electron chi connectivity index (χ0n) is 10.00. The molecule has 1 heterocycles. The van der Waals surface area contributed by atoms with Crippen molar-refractivity contribution in [3.63, 3.8) is 0 Å². The maximum absolute atomic E-state index is 11.3. The van der Waals surface area contributed by atoms with E-state index in [1.807, 2.05) is 37.3 Å². The first-order chi connectivity index (χ1) is 8.81. The van der Waals surface area contributed by atoms with E-state index in [1.165, 1.54) is 0 Å². The lowest BCUT2D eigenvalue weighted by Crippen LogP contribution is -2.30. The summed E-state index contributed by atoms with van der Waals surface area (Å²) in [5, 5.41) is 16.9. The van der Waals surface area contributed by atoms with Crippen LogP contribution in [0.1, 0.15) is 6.92 Å². The van der Waals surface area contributed by atoms with Crippen molar-refractivity contribution in [1.29, 1.82) is 0 Å². The number of aromatic nitrogens is 4. The summed E-state index contributed by atoms with van der Waals surface area (Å²) in [5.41, 5.74) is 0.834. The third-order valence-electron chi connectivity index (χ3n) is 2.25. The van der Waals surface area contributed by atoms with Crippen molar-refractivity contribution in [1.82, 2.24) is 25.5 Å². The minimum atomic E-state index is -0.0971. The first-order valence-electron chi connectivity index (χ1n) is 5.65. The summed E-state index contributed by atoms with van der Waals surface area (Å²) >= 11 is 0. The Bertz CT molecular complexity index is 509. The van der Waals surface area contributed by atoms with Gasteiger partial charge in [0.25, 0.3) is 0 Å². The number of anilines is 1. The third kappa shape index (κ3) is 2.82. The van der Waals surface area contributed by atoms with Crippen LogP contribution in [0, 0.1) is 0 Å². The molecule has 0 unspecified atom stereocenters. The number of para-hydroxylation sites is 1. The van der Waals surface area contributed by atoms with E-state index in [9.17, 15) is 4.79 Å². The van der Waals surface area contributed by atoms with Crippen LogP contribution < -0.4 is 10.6 Å². The van der Waals surface area contributed by atoms with Crippen LogP contribution in [-0.2, 0) is 4.79 Å². The predicted molar refractivity (Wildman–Crippen MR) is 66.3 cm³/mol. The van der Waals surface area contributed by atoms with E-state index in [-0.39, 0.29) is 12.5 Å². The molecule has 0 radical (unpaired) electrons. The van der Waals surface area contributed by atoms with Gasteiger partial charge in [0.05, 0.1) is 12.2 Å². The van der Waals surface area contributed by atoms with Crippen molar-refractivity contribution < 1.29 is 4.79 Å². The SMILES string of the molecule is CCNC(=O)CNc1nnnn1-c1ccccc1. The molecule has 2 N–H and O–H groups in total. The standard InChI is InChI=1S/C11H14N6O/c1-2-12-10(18)8-13-11-14-15-16-17(11)9-6-4-3-5-7-9/h3-7H,2,8H2,1H3,(H,12,18)(H,13,14,16). The Labute approximate surface area is 104 Å². The minimum absolute atomic E-state index is 0.0971. The number of nitrogens with one attached hydrogen (secondary N) is 2. The van der Waals surface area contributed by atoms with E-state index in [0.29, 0.717) is 12.5 Å². The molecule has 0 saturated heterocycles. The Morgan fingerprint density at radius 1 is 1.33 bits per heavy atom. The molecule has 0 bridgehead atoms. The molecule has 2 aromatic rings. The van der Waals surface area contributed by atoms with Gasteiger partial charge in [-0.3, -0.25) is 4.79 Å². The van der Waals surface area contributed by atoms with Crippen molar-refractivity contribution in [2.24, 2.45) is 0 Å². The average Bonchev–Trinajstić information content (AvgIpc) is 2.86. The molecule has 0 aliphatic rings. The summed E-state index contributed by atoms with van der Waals surface area (Å²) < 4.78 is 1.54. The first kappa shape index (κ1) is 12.0. The van der Waals surface area contributed by atoms with Gasteiger partial charge >= 0.3 is 0 Å². The van der Waals surface area contributed by atoms with Crippen LogP contribution in [0.3, 0.4) is 0 Å². The van der Waals surface area contributed by atoms with Gasteiger partial charge in [-0.1, -0.05) is 23.3 Å². The summed E-state index contributed by atoms with van der Waals surface area (Å²) in [6.45, 7) is 2.61. The molecule has 0 saturated carbocycles. The molecule has 2 rings (SSSR count). The fourth-order valence-electron chi connectivity index (χ4n) is 1.46. The summed E-state index contributed by atoms with van der Waals surface area (Å²) in [6.07, 6.45) is 0. The molecule has 1 aromatic carbocycles. The van der Waals surface area contributed by atoms with E-state index in [4.69, 9.17) is 0 Å². The van der Waals surface area contributed by atoms with Gasteiger partial charge in [0.2, 0.25) is 11.9 Å². The number of tetrazole rings is 1. The van der Waals surface area contributed by atoms with E-state index in [1.54, 1.807) is 4.68 Å². The highest BCUT2D eigenvalue weighted by Crippen LogP contribution is 2.09. The Hall–Kier alpha value is -2.44. The molecule has 7 nitrogen and oxygen atoms in total. The number of nitrogens with zero attached hydrogens (tertiary/aromatic N) is 4. The van der Waals surface area contributed by atoms with Crippen molar-refractivity contribution >= 4 is 11.9 Å². The average molecular weight is 246 g/mol. The normalized spacial score (nSPS) is 10.1. The molecule has 18 heavy (non-hydrogen) atoms. The fraction of sp³-hybridized carbons (Fsp3) is 0.273. The van der Waals surface area contributed by atoms with Crippen LogP contribution in [-0.4, -0.2) is 39.2 Å². The zero-order chi connectivity index (χ0) is 12.8. The zero-order valence-corrected chi connectivity index (χ0v) is 10.00. The topological polar surface area (TPSA) is 84.7 Å². The molecular formula is C11H14N6O. The molecular weight excluding hydrogens is 232 g/mol. The Balaban J connectivity index is 2.07. The first-order valence-corrected chi connectivity index (χ1v) is 5.65.